The Bertz CT molecular complexity index is 1120. The lowest BCUT2D eigenvalue weighted by atomic mass is 10.0. The number of guanidine groups is 1. The number of carbonyl (C=O) groups excluding carboxylic acids is 3. The second-order valence-electron chi connectivity index (χ2n) is 9.42. The number of aromatic amines is 2. The number of nitrogens with one attached hydrogen (secondary N) is 5. The van der Waals surface area contributed by atoms with Gasteiger partial charge in [0.05, 0.1) is 18.7 Å². The Morgan fingerprint density at radius 3 is 1.95 bits per heavy atom. The Morgan fingerprint density at radius 2 is 1.39 bits per heavy atom. The standard InChI is InChI=1S/C24H40N12O5/c25-6-2-1-4-17(34-20(37)16(26)8-14-10-29-12-32-14)21(38)36-19(9-15-11-30-13-33-15)22(39)35-18(23(40)41)5-3-7-31-24(27)28/h10-13,16-19H,1-9,25-26H2,(H,29,32)(H,30,33)(H,34,37)(H,35,39)(H,36,38)(H,40,41)(H4,27,28,31). The summed E-state index contributed by atoms with van der Waals surface area (Å²) < 4.78 is 0. The number of aliphatic imine (C=N–C) groups is 1. The van der Waals surface area contributed by atoms with Crippen LogP contribution in [0.5, 0.6) is 0 Å². The molecule has 0 bridgehead atoms. The topological polar surface area (TPSA) is 298 Å². The van der Waals surface area contributed by atoms with Crippen molar-refractivity contribution in [3.05, 3.63) is 36.4 Å². The third-order valence-corrected chi connectivity index (χ3v) is 6.08. The van der Waals surface area contributed by atoms with Gasteiger partial charge < -0.3 is 54.0 Å². The lowest BCUT2D eigenvalue weighted by Crippen LogP contribution is -2.57. The molecule has 17 nitrogen and oxygen atoms in total. The summed E-state index contributed by atoms with van der Waals surface area (Å²) in [6.07, 6.45) is 7.78. The number of rotatable bonds is 19. The van der Waals surface area contributed by atoms with Crippen LogP contribution in [0, 0.1) is 0 Å². The number of nitrogens with two attached hydrogens (primary N) is 4. The van der Waals surface area contributed by atoms with E-state index in [4.69, 9.17) is 22.9 Å². The summed E-state index contributed by atoms with van der Waals surface area (Å²) >= 11 is 0. The van der Waals surface area contributed by atoms with Crippen LogP contribution >= 0.6 is 0 Å². The van der Waals surface area contributed by atoms with Gasteiger partial charge in [-0.3, -0.25) is 19.4 Å². The highest BCUT2D eigenvalue weighted by Crippen LogP contribution is 2.07. The summed E-state index contributed by atoms with van der Waals surface area (Å²) in [6, 6.07) is -4.41. The molecule has 0 aliphatic carbocycles. The van der Waals surface area contributed by atoms with Crippen molar-refractivity contribution < 1.29 is 24.3 Å². The number of unbranched alkanes of at least 4 members (excludes halogenated alkanes) is 1. The molecule has 2 aromatic rings. The molecule has 4 atom stereocenters. The third-order valence-electron chi connectivity index (χ3n) is 6.08. The Hall–Kier alpha value is -4.51. The van der Waals surface area contributed by atoms with Crippen LogP contribution in [0.25, 0.3) is 0 Å². The molecule has 0 fully saturated rings. The summed E-state index contributed by atoms with van der Waals surface area (Å²) in [5.74, 6) is -3.31. The zero-order chi connectivity index (χ0) is 30.2. The molecule has 41 heavy (non-hydrogen) atoms. The summed E-state index contributed by atoms with van der Waals surface area (Å²) in [5.41, 5.74) is 23.4. The van der Waals surface area contributed by atoms with Crippen LogP contribution in [-0.4, -0.2) is 91.9 Å². The van der Waals surface area contributed by atoms with Gasteiger partial charge in [-0.15, -0.1) is 0 Å². The van der Waals surface area contributed by atoms with Gasteiger partial charge in [0.2, 0.25) is 17.7 Å². The van der Waals surface area contributed by atoms with Gasteiger partial charge in [-0.25, -0.2) is 14.8 Å². The maximum absolute atomic E-state index is 13.4. The number of carbonyl (C=O) groups is 4. The number of hydrogen-bond acceptors (Lipinski definition) is 9. The first-order valence-corrected chi connectivity index (χ1v) is 13.2. The number of imidazole rings is 2. The minimum atomic E-state index is -1.26. The molecule has 3 amide bonds. The van der Waals surface area contributed by atoms with E-state index in [0.717, 1.165) is 0 Å². The summed E-state index contributed by atoms with van der Waals surface area (Å²) in [4.78, 5) is 68.6. The SMILES string of the molecule is NCCCCC(NC(=O)C(N)Cc1cnc[nH]1)C(=O)NC(Cc1cnc[nH]1)C(=O)NC(CCCN=C(N)N)C(=O)O. The first kappa shape index (κ1) is 32.7. The van der Waals surface area contributed by atoms with Gasteiger partial charge in [-0.2, -0.15) is 0 Å². The zero-order valence-electron chi connectivity index (χ0n) is 22.7. The Morgan fingerprint density at radius 1 is 0.829 bits per heavy atom. The highest BCUT2D eigenvalue weighted by Gasteiger charge is 2.30. The van der Waals surface area contributed by atoms with Gasteiger partial charge in [0.15, 0.2) is 5.96 Å². The fourth-order valence-electron chi connectivity index (χ4n) is 3.90. The molecule has 0 saturated heterocycles. The summed E-state index contributed by atoms with van der Waals surface area (Å²) in [5, 5.41) is 17.4. The van der Waals surface area contributed by atoms with Crippen molar-refractivity contribution in [1.82, 2.24) is 35.9 Å². The Balaban J connectivity index is 2.14. The van der Waals surface area contributed by atoms with Crippen molar-refractivity contribution in [3.63, 3.8) is 0 Å². The quantitative estimate of drug-likeness (QED) is 0.0455. The molecule has 0 saturated carbocycles. The van der Waals surface area contributed by atoms with E-state index in [0.29, 0.717) is 37.2 Å². The van der Waals surface area contributed by atoms with Gasteiger partial charge in [0, 0.05) is 43.2 Å². The Kier molecular flexibility index (Phi) is 13.7. The highest BCUT2D eigenvalue weighted by molar-refractivity contribution is 5.94. The largest absolute Gasteiger partial charge is 0.480 e. The van der Waals surface area contributed by atoms with E-state index in [1.807, 2.05) is 0 Å². The fourth-order valence-corrected chi connectivity index (χ4v) is 3.90. The average Bonchev–Trinajstić information content (AvgIpc) is 3.63. The number of aromatic nitrogens is 4. The zero-order valence-corrected chi connectivity index (χ0v) is 22.7. The van der Waals surface area contributed by atoms with Crippen molar-refractivity contribution in [2.45, 2.75) is 69.1 Å². The van der Waals surface area contributed by atoms with Crippen LogP contribution in [0.4, 0.5) is 0 Å². The number of carboxylic acids is 1. The predicted octanol–water partition coefficient (Wildman–Crippen LogP) is -3.03. The molecule has 2 aromatic heterocycles. The van der Waals surface area contributed by atoms with Crippen LogP contribution in [0.15, 0.2) is 30.0 Å². The molecule has 0 spiro atoms. The predicted molar refractivity (Wildman–Crippen MR) is 149 cm³/mol. The molecule has 17 heteroatoms. The minimum absolute atomic E-state index is 0.0132. The van der Waals surface area contributed by atoms with Gasteiger partial charge in [0.1, 0.15) is 18.1 Å². The van der Waals surface area contributed by atoms with E-state index in [1.54, 1.807) is 6.20 Å². The summed E-state index contributed by atoms with van der Waals surface area (Å²) in [7, 11) is 0. The maximum Gasteiger partial charge on any atom is 0.326 e. The van der Waals surface area contributed by atoms with Crippen LogP contribution in [0.3, 0.4) is 0 Å². The minimum Gasteiger partial charge on any atom is -0.480 e. The molecule has 226 valence electrons. The van der Waals surface area contributed by atoms with Crippen molar-refractivity contribution in [1.29, 1.82) is 0 Å². The molecule has 4 unspecified atom stereocenters. The molecule has 0 aliphatic heterocycles. The highest BCUT2D eigenvalue weighted by atomic mass is 16.4. The molecular weight excluding hydrogens is 536 g/mol. The van der Waals surface area contributed by atoms with Crippen LogP contribution in [0.2, 0.25) is 0 Å². The molecule has 2 rings (SSSR count). The van der Waals surface area contributed by atoms with Gasteiger partial charge in [-0.1, -0.05) is 0 Å². The van der Waals surface area contributed by atoms with Crippen LogP contribution in [-0.2, 0) is 32.0 Å². The van der Waals surface area contributed by atoms with Crippen molar-refractivity contribution in [2.24, 2.45) is 27.9 Å². The molecule has 0 aliphatic rings. The number of aliphatic carboxylic acids is 1. The van der Waals surface area contributed by atoms with E-state index in [-0.39, 0.29) is 38.2 Å². The third kappa shape index (κ3) is 12.0. The van der Waals surface area contributed by atoms with E-state index < -0.39 is 47.9 Å². The monoisotopic (exact) mass is 576 g/mol. The van der Waals surface area contributed by atoms with E-state index >= 15 is 0 Å². The van der Waals surface area contributed by atoms with E-state index in [9.17, 15) is 24.3 Å². The Labute approximate surface area is 236 Å². The van der Waals surface area contributed by atoms with Crippen LogP contribution in [0.1, 0.15) is 43.5 Å². The lowest BCUT2D eigenvalue weighted by molar-refractivity contribution is -0.142. The normalized spacial score (nSPS) is 13.8. The van der Waals surface area contributed by atoms with Gasteiger partial charge in [0.25, 0.3) is 0 Å². The molecule has 0 aromatic carbocycles. The number of carboxylic acid groups (broad SMARTS) is 1. The number of hydrogen-bond donors (Lipinski definition) is 10. The molecule has 14 N–H and O–H groups in total. The molecular formula is C24H40N12O5. The van der Waals surface area contributed by atoms with E-state index in [2.05, 4.69) is 40.9 Å². The van der Waals surface area contributed by atoms with Gasteiger partial charge >= 0.3 is 5.97 Å². The molecule has 2 heterocycles. The van der Waals surface area contributed by atoms with Crippen molar-refractivity contribution >= 4 is 29.7 Å². The second kappa shape index (κ2) is 17.2. The second-order valence-corrected chi connectivity index (χ2v) is 9.42. The average molecular weight is 577 g/mol. The maximum atomic E-state index is 13.4. The van der Waals surface area contributed by atoms with Crippen molar-refractivity contribution in [3.8, 4) is 0 Å². The van der Waals surface area contributed by atoms with Gasteiger partial charge in [-0.05, 0) is 38.6 Å². The number of amides is 3. The lowest BCUT2D eigenvalue weighted by Gasteiger charge is -2.25. The first-order chi connectivity index (χ1) is 19.6. The van der Waals surface area contributed by atoms with E-state index in [1.165, 1.54) is 18.9 Å². The molecule has 0 radical (unpaired) electrons. The smallest absolute Gasteiger partial charge is 0.326 e. The fraction of sp³-hybridized carbons (Fsp3) is 0.542. The summed E-state index contributed by atoms with van der Waals surface area (Å²) in [6.45, 7) is 0.579. The first-order valence-electron chi connectivity index (χ1n) is 13.2. The van der Waals surface area contributed by atoms with Crippen LogP contribution < -0.4 is 38.9 Å². The van der Waals surface area contributed by atoms with Crippen molar-refractivity contribution in [2.75, 3.05) is 13.1 Å². The number of H-pyrrole nitrogens is 2. The number of nitrogens with zero attached hydrogens (tertiary/aromatic N) is 3.